The molecule has 6 heteroatoms. The van der Waals surface area contributed by atoms with Crippen molar-refractivity contribution in [3.05, 3.63) is 75.5 Å². The van der Waals surface area contributed by atoms with E-state index in [1.807, 2.05) is 31.2 Å². The van der Waals surface area contributed by atoms with Crippen LogP contribution in [0.15, 0.2) is 53.5 Å². The monoisotopic (exact) mass is 323 g/mol. The molecule has 2 N–H and O–H groups in total. The molecule has 0 unspecified atom stereocenters. The fraction of sp³-hybridized carbons (Fsp3) is 0.167. The molecule has 1 heterocycles. The highest BCUT2D eigenvalue weighted by Gasteiger charge is 2.10. The number of aliphatic imine (C=N–C) groups is 1. The molecule has 3 aromatic rings. The van der Waals surface area contributed by atoms with Crippen LogP contribution in [0.25, 0.3) is 10.9 Å². The van der Waals surface area contributed by atoms with Crippen molar-refractivity contribution in [1.82, 2.24) is 4.98 Å². The average Bonchev–Trinajstić information content (AvgIpc) is 2.90. The summed E-state index contributed by atoms with van der Waals surface area (Å²) in [6, 6.07) is 13.8. The van der Waals surface area contributed by atoms with Gasteiger partial charge in [0.1, 0.15) is 0 Å². The van der Waals surface area contributed by atoms with E-state index in [2.05, 4.69) is 9.98 Å². The van der Waals surface area contributed by atoms with Gasteiger partial charge in [0.05, 0.1) is 17.6 Å². The van der Waals surface area contributed by atoms with E-state index in [0.29, 0.717) is 5.56 Å². The average molecular weight is 323 g/mol. The van der Waals surface area contributed by atoms with Crippen LogP contribution in [0, 0.1) is 17.0 Å². The van der Waals surface area contributed by atoms with E-state index < -0.39 is 11.0 Å². The van der Waals surface area contributed by atoms with Crippen LogP contribution in [0.1, 0.15) is 22.9 Å². The smallest absolute Gasteiger partial charge is 0.269 e. The number of rotatable bonds is 5. The second-order valence-electron chi connectivity index (χ2n) is 5.57. The number of benzene rings is 2. The number of nitro benzene ring substituents is 1. The summed E-state index contributed by atoms with van der Waals surface area (Å²) in [4.78, 5) is 17.8. The third kappa shape index (κ3) is 3.18. The Balaban J connectivity index is 1.73. The Morgan fingerprint density at radius 2 is 1.96 bits per heavy atom. The molecule has 6 nitrogen and oxygen atoms in total. The van der Waals surface area contributed by atoms with Crippen LogP contribution in [-0.4, -0.2) is 27.8 Å². The number of aryl methyl sites for hydroxylation is 1. The van der Waals surface area contributed by atoms with Crippen molar-refractivity contribution < 1.29 is 10.0 Å². The summed E-state index contributed by atoms with van der Waals surface area (Å²) in [5.41, 5.74) is 3.68. The molecule has 0 aliphatic carbocycles. The molecular weight excluding hydrogens is 306 g/mol. The third-order valence-corrected chi connectivity index (χ3v) is 3.93. The molecule has 24 heavy (non-hydrogen) atoms. The normalized spacial score (nSPS) is 12.8. The fourth-order valence-corrected chi connectivity index (χ4v) is 2.63. The number of aromatic amines is 1. The Morgan fingerprint density at radius 3 is 2.67 bits per heavy atom. The van der Waals surface area contributed by atoms with Crippen LogP contribution in [0.3, 0.4) is 0 Å². The molecule has 0 saturated carbocycles. The number of hydrogen-bond acceptors (Lipinski definition) is 4. The number of aliphatic hydroxyl groups excluding tert-OH is 1. The quantitative estimate of drug-likeness (QED) is 0.427. The van der Waals surface area contributed by atoms with E-state index in [9.17, 15) is 15.2 Å². The van der Waals surface area contributed by atoms with Gasteiger partial charge in [0.25, 0.3) is 5.69 Å². The van der Waals surface area contributed by atoms with Crippen LogP contribution in [0.2, 0.25) is 0 Å². The van der Waals surface area contributed by atoms with E-state index in [0.717, 1.165) is 22.2 Å². The van der Waals surface area contributed by atoms with Gasteiger partial charge in [0, 0.05) is 40.5 Å². The van der Waals surface area contributed by atoms with Crippen molar-refractivity contribution >= 4 is 22.8 Å². The number of nitrogens with one attached hydrogen (secondary N) is 1. The van der Waals surface area contributed by atoms with Crippen molar-refractivity contribution in [1.29, 1.82) is 0 Å². The van der Waals surface area contributed by atoms with E-state index in [1.165, 1.54) is 12.1 Å². The van der Waals surface area contributed by atoms with Crippen molar-refractivity contribution in [3.63, 3.8) is 0 Å². The van der Waals surface area contributed by atoms with E-state index in [-0.39, 0.29) is 12.2 Å². The first-order valence-electron chi connectivity index (χ1n) is 7.56. The SMILES string of the molecule is Cc1[nH]c2ccccc2c1C=NC[C@H](O)c1ccc([N+](=O)[O-])cc1. The number of aliphatic hydroxyl groups is 1. The number of fused-ring (bicyclic) bond motifs is 1. The number of hydrogen-bond donors (Lipinski definition) is 2. The van der Waals surface area contributed by atoms with Gasteiger partial charge in [0.15, 0.2) is 0 Å². The fourth-order valence-electron chi connectivity index (χ4n) is 2.63. The molecule has 0 aliphatic rings. The highest BCUT2D eigenvalue weighted by molar-refractivity contribution is 6.00. The topological polar surface area (TPSA) is 91.5 Å². The number of H-pyrrole nitrogens is 1. The van der Waals surface area contributed by atoms with Gasteiger partial charge < -0.3 is 10.1 Å². The Labute approximate surface area is 138 Å². The first-order chi connectivity index (χ1) is 11.6. The Kier molecular flexibility index (Phi) is 4.39. The van der Waals surface area contributed by atoms with Gasteiger partial charge in [-0.2, -0.15) is 0 Å². The van der Waals surface area contributed by atoms with Gasteiger partial charge in [-0.1, -0.05) is 18.2 Å². The first kappa shape index (κ1) is 15.9. The lowest BCUT2D eigenvalue weighted by Gasteiger charge is -2.07. The molecular formula is C18H17N3O3. The van der Waals surface area contributed by atoms with Gasteiger partial charge in [-0.05, 0) is 30.7 Å². The summed E-state index contributed by atoms with van der Waals surface area (Å²) < 4.78 is 0. The summed E-state index contributed by atoms with van der Waals surface area (Å²) in [5.74, 6) is 0. The van der Waals surface area contributed by atoms with Crippen LogP contribution in [0.4, 0.5) is 5.69 Å². The van der Waals surface area contributed by atoms with Gasteiger partial charge in [-0.25, -0.2) is 0 Å². The Bertz CT molecular complexity index is 898. The standard InChI is InChI=1S/C18H17N3O3/c1-12-16(15-4-2-3-5-17(15)20-12)10-19-11-18(22)13-6-8-14(9-7-13)21(23)24/h2-10,18,20,22H,11H2,1H3/t18-/m0/s1. The summed E-state index contributed by atoms with van der Waals surface area (Å²) in [6.45, 7) is 2.17. The van der Waals surface area contributed by atoms with Crippen molar-refractivity contribution in [3.8, 4) is 0 Å². The largest absolute Gasteiger partial charge is 0.386 e. The first-order valence-corrected chi connectivity index (χ1v) is 7.56. The lowest BCUT2D eigenvalue weighted by molar-refractivity contribution is -0.384. The molecule has 2 aromatic carbocycles. The molecule has 0 amide bonds. The van der Waals surface area contributed by atoms with E-state index in [4.69, 9.17) is 0 Å². The lowest BCUT2D eigenvalue weighted by atomic mass is 10.1. The van der Waals surface area contributed by atoms with Crippen LogP contribution >= 0.6 is 0 Å². The molecule has 0 saturated heterocycles. The zero-order valence-electron chi connectivity index (χ0n) is 13.1. The lowest BCUT2D eigenvalue weighted by Crippen LogP contribution is -2.02. The minimum Gasteiger partial charge on any atom is -0.386 e. The maximum absolute atomic E-state index is 10.6. The third-order valence-electron chi connectivity index (χ3n) is 3.93. The maximum atomic E-state index is 10.6. The van der Waals surface area contributed by atoms with Crippen molar-refractivity contribution in [2.75, 3.05) is 6.54 Å². The summed E-state index contributed by atoms with van der Waals surface area (Å²) in [6.07, 6.45) is 0.954. The van der Waals surface area contributed by atoms with Crippen LogP contribution < -0.4 is 0 Å². The molecule has 1 atom stereocenters. The number of aromatic nitrogens is 1. The number of para-hydroxylation sites is 1. The molecule has 0 aliphatic heterocycles. The summed E-state index contributed by atoms with van der Waals surface area (Å²) in [7, 11) is 0. The van der Waals surface area contributed by atoms with Gasteiger partial charge in [0.2, 0.25) is 0 Å². The minimum atomic E-state index is -0.799. The van der Waals surface area contributed by atoms with Crippen LogP contribution in [-0.2, 0) is 0 Å². The number of nitrogens with zero attached hydrogens (tertiary/aromatic N) is 2. The highest BCUT2D eigenvalue weighted by Crippen LogP contribution is 2.21. The summed E-state index contributed by atoms with van der Waals surface area (Å²) >= 11 is 0. The minimum absolute atomic E-state index is 0.00358. The molecule has 0 bridgehead atoms. The molecule has 1 aromatic heterocycles. The highest BCUT2D eigenvalue weighted by atomic mass is 16.6. The predicted molar refractivity (Wildman–Crippen MR) is 93.6 cm³/mol. The summed E-state index contributed by atoms with van der Waals surface area (Å²) in [5, 5.41) is 21.9. The molecule has 0 radical (unpaired) electrons. The maximum Gasteiger partial charge on any atom is 0.269 e. The zero-order valence-corrected chi connectivity index (χ0v) is 13.1. The Morgan fingerprint density at radius 1 is 1.25 bits per heavy atom. The Hall–Kier alpha value is -2.99. The van der Waals surface area contributed by atoms with E-state index in [1.54, 1.807) is 18.3 Å². The van der Waals surface area contributed by atoms with Crippen molar-refractivity contribution in [2.24, 2.45) is 4.99 Å². The number of non-ortho nitro benzene ring substituents is 1. The zero-order chi connectivity index (χ0) is 17.1. The van der Waals surface area contributed by atoms with E-state index >= 15 is 0 Å². The molecule has 3 rings (SSSR count). The van der Waals surface area contributed by atoms with Crippen LogP contribution in [0.5, 0.6) is 0 Å². The van der Waals surface area contributed by atoms with Gasteiger partial charge in [-0.15, -0.1) is 0 Å². The van der Waals surface area contributed by atoms with Gasteiger partial charge >= 0.3 is 0 Å². The molecule has 0 spiro atoms. The number of nitro groups is 1. The molecule has 0 fully saturated rings. The van der Waals surface area contributed by atoms with Crippen molar-refractivity contribution in [2.45, 2.75) is 13.0 Å². The second-order valence-corrected chi connectivity index (χ2v) is 5.57. The molecule has 122 valence electrons. The second kappa shape index (κ2) is 6.64. The predicted octanol–water partition coefficient (Wildman–Crippen LogP) is 3.54. The van der Waals surface area contributed by atoms with Gasteiger partial charge in [-0.3, -0.25) is 15.1 Å².